The van der Waals surface area contributed by atoms with Gasteiger partial charge in [0.25, 0.3) is 5.91 Å². The summed E-state index contributed by atoms with van der Waals surface area (Å²) in [5.74, 6) is 2.82. The fourth-order valence-electron chi connectivity index (χ4n) is 4.76. The second-order valence-corrected chi connectivity index (χ2v) is 9.50. The van der Waals surface area contributed by atoms with Crippen molar-refractivity contribution in [3.05, 3.63) is 82.4 Å². The second kappa shape index (κ2) is 10.9. The van der Waals surface area contributed by atoms with Crippen molar-refractivity contribution in [2.24, 2.45) is 0 Å². The number of fused-ring (bicyclic) bond motifs is 1. The lowest BCUT2D eigenvalue weighted by Crippen LogP contribution is -2.42. The lowest BCUT2D eigenvalue weighted by atomic mass is 9.91. The van der Waals surface area contributed by atoms with Gasteiger partial charge in [-0.2, -0.15) is 0 Å². The van der Waals surface area contributed by atoms with Crippen LogP contribution in [0.15, 0.2) is 54.6 Å². The Kier molecular flexibility index (Phi) is 7.73. The minimum Gasteiger partial charge on any atom is -0.493 e. The van der Waals surface area contributed by atoms with E-state index < -0.39 is 0 Å². The highest BCUT2D eigenvalue weighted by atomic mass is 16.5. The maximum absolute atomic E-state index is 13.7. The molecule has 1 atom stereocenters. The van der Waals surface area contributed by atoms with Gasteiger partial charge in [0.15, 0.2) is 11.5 Å². The maximum Gasteiger partial charge on any atom is 0.254 e. The molecule has 6 nitrogen and oxygen atoms in total. The number of rotatable bonds is 8. The molecule has 0 N–H and O–H groups in total. The predicted molar refractivity (Wildman–Crippen MR) is 141 cm³/mol. The first-order chi connectivity index (χ1) is 17.3. The van der Waals surface area contributed by atoms with Crippen LogP contribution in [-0.4, -0.2) is 44.3 Å². The van der Waals surface area contributed by atoms with Crippen molar-refractivity contribution in [3.8, 4) is 23.0 Å². The van der Waals surface area contributed by atoms with E-state index in [2.05, 4.69) is 19.9 Å². The number of carbonyl (C=O) groups excluding carboxylic acids is 1. The zero-order chi connectivity index (χ0) is 25.8. The van der Waals surface area contributed by atoms with Gasteiger partial charge in [-0.15, -0.1) is 0 Å². The number of methoxy groups -OCH3 is 2. The Hall–Kier alpha value is -3.67. The van der Waals surface area contributed by atoms with Gasteiger partial charge in [-0.3, -0.25) is 4.79 Å². The summed E-state index contributed by atoms with van der Waals surface area (Å²) >= 11 is 0. The number of benzene rings is 3. The Balaban J connectivity index is 1.67. The highest BCUT2D eigenvalue weighted by molar-refractivity contribution is 5.95. The quantitative estimate of drug-likeness (QED) is 0.393. The smallest absolute Gasteiger partial charge is 0.254 e. The zero-order valence-corrected chi connectivity index (χ0v) is 22.0. The summed E-state index contributed by atoms with van der Waals surface area (Å²) in [5.41, 5.74) is 5.03. The molecular formula is C30H35NO5. The minimum atomic E-state index is -0.284. The van der Waals surface area contributed by atoms with Crippen molar-refractivity contribution in [1.29, 1.82) is 0 Å². The van der Waals surface area contributed by atoms with Crippen molar-refractivity contribution in [2.45, 2.75) is 46.3 Å². The molecule has 0 spiro atoms. The summed E-state index contributed by atoms with van der Waals surface area (Å²) in [6.45, 7) is 8.96. The Morgan fingerprint density at radius 1 is 0.917 bits per heavy atom. The Morgan fingerprint density at radius 3 is 2.17 bits per heavy atom. The lowest BCUT2D eigenvalue weighted by Gasteiger charge is -2.37. The highest BCUT2D eigenvalue weighted by Gasteiger charge is 2.33. The normalized spacial score (nSPS) is 14.9. The third-order valence-corrected chi connectivity index (χ3v) is 6.34. The molecule has 36 heavy (non-hydrogen) atoms. The number of carbonyl (C=O) groups is 1. The van der Waals surface area contributed by atoms with Gasteiger partial charge in [0, 0.05) is 12.1 Å². The SMILES string of the molecule is COc1cc2c(cc1OC)C(COc1cc(C)cc(C)c1)N(C(=O)c1ccc(OC(C)C)cc1)CC2. The third-order valence-electron chi connectivity index (χ3n) is 6.34. The fraction of sp³-hybridized carbons (Fsp3) is 0.367. The van der Waals surface area contributed by atoms with Gasteiger partial charge in [-0.05, 0) is 105 Å². The van der Waals surface area contributed by atoms with Gasteiger partial charge in [0.2, 0.25) is 0 Å². The molecule has 6 heteroatoms. The van der Waals surface area contributed by atoms with Gasteiger partial charge >= 0.3 is 0 Å². The minimum absolute atomic E-state index is 0.0412. The highest BCUT2D eigenvalue weighted by Crippen LogP contribution is 2.39. The van der Waals surface area contributed by atoms with Crippen molar-refractivity contribution >= 4 is 5.91 Å². The molecule has 0 fully saturated rings. The number of hydrogen-bond acceptors (Lipinski definition) is 5. The summed E-state index contributed by atoms with van der Waals surface area (Å²) in [5, 5.41) is 0. The maximum atomic E-state index is 13.7. The van der Waals surface area contributed by atoms with Crippen LogP contribution in [0.4, 0.5) is 0 Å². The van der Waals surface area contributed by atoms with E-state index in [4.69, 9.17) is 18.9 Å². The average Bonchev–Trinajstić information content (AvgIpc) is 2.85. The number of amides is 1. The number of aryl methyl sites for hydroxylation is 2. The van der Waals surface area contributed by atoms with Gasteiger partial charge in [0.1, 0.15) is 18.1 Å². The average molecular weight is 490 g/mol. The first-order valence-corrected chi connectivity index (χ1v) is 12.3. The molecule has 1 amide bonds. The van der Waals surface area contributed by atoms with E-state index in [0.717, 1.165) is 40.2 Å². The second-order valence-electron chi connectivity index (χ2n) is 9.50. The number of hydrogen-bond donors (Lipinski definition) is 0. The van der Waals surface area contributed by atoms with Crippen LogP contribution >= 0.6 is 0 Å². The van der Waals surface area contributed by atoms with Gasteiger partial charge in [0.05, 0.1) is 26.4 Å². The van der Waals surface area contributed by atoms with Gasteiger partial charge < -0.3 is 23.8 Å². The van der Waals surface area contributed by atoms with E-state index in [-0.39, 0.29) is 18.1 Å². The van der Waals surface area contributed by atoms with Gasteiger partial charge in [-0.1, -0.05) is 6.07 Å². The summed E-state index contributed by atoms with van der Waals surface area (Å²) < 4.78 is 23.1. The molecule has 0 radical (unpaired) electrons. The molecule has 1 aliphatic heterocycles. The van der Waals surface area contributed by atoms with E-state index in [9.17, 15) is 4.79 Å². The molecular weight excluding hydrogens is 454 g/mol. The van der Waals surface area contributed by atoms with Crippen LogP contribution in [0.25, 0.3) is 0 Å². The van der Waals surface area contributed by atoms with Crippen LogP contribution in [0.2, 0.25) is 0 Å². The fourth-order valence-corrected chi connectivity index (χ4v) is 4.76. The molecule has 0 saturated carbocycles. The molecule has 190 valence electrons. The van der Waals surface area contributed by atoms with E-state index in [0.29, 0.717) is 30.2 Å². The summed E-state index contributed by atoms with van der Waals surface area (Å²) in [4.78, 5) is 15.6. The van der Waals surface area contributed by atoms with Crippen LogP contribution in [0.5, 0.6) is 23.0 Å². The Bertz CT molecular complexity index is 1200. The monoisotopic (exact) mass is 489 g/mol. The van der Waals surface area contributed by atoms with Gasteiger partial charge in [-0.25, -0.2) is 0 Å². The summed E-state index contributed by atoms with van der Waals surface area (Å²) in [7, 11) is 3.26. The molecule has 0 aromatic heterocycles. The van der Waals surface area contributed by atoms with Crippen molar-refractivity contribution in [1.82, 2.24) is 4.90 Å². The Morgan fingerprint density at radius 2 is 1.56 bits per heavy atom. The lowest BCUT2D eigenvalue weighted by molar-refractivity contribution is 0.0589. The van der Waals surface area contributed by atoms with E-state index >= 15 is 0 Å². The standard InChI is InChI=1S/C30H35NO5/c1-19(2)36-24-9-7-22(8-10-24)30(32)31-12-11-23-16-28(33-5)29(34-6)17-26(23)27(31)18-35-25-14-20(3)13-21(4)15-25/h7-10,13-17,19,27H,11-12,18H2,1-6H3. The first-order valence-electron chi connectivity index (χ1n) is 12.3. The molecule has 1 heterocycles. The van der Waals surface area contributed by atoms with Crippen molar-refractivity contribution in [2.75, 3.05) is 27.4 Å². The largest absolute Gasteiger partial charge is 0.493 e. The molecule has 3 aromatic rings. The molecule has 0 aliphatic carbocycles. The van der Waals surface area contributed by atoms with E-state index in [1.807, 2.05) is 67.3 Å². The predicted octanol–water partition coefficient (Wildman–Crippen LogP) is 5.93. The van der Waals surface area contributed by atoms with Crippen LogP contribution in [0.3, 0.4) is 0 Å². The Labute approximate surface area is 213 Å². The molecule has 4 rings (SSSR count). The van der Waals surface area contributed by atoms with E-state index in [1.165, 1.54) is 0 Å². The van der Waals surface area contributed by atoms with E-state index in [1.54, 1.807) is 14.2 Å². The zero-order valence-electron chi connectivity index (χ0n) is 22.0. The molecule has 0 saturated heterocycles. The topological polar surface area (TPSA) is 57.2 Å². The van der Waals surface area contributed by atoms with Crippen molar-refractivity contribution in [3.63, 3.8) is 0 Å². The number of nitrogens with zero attached hydrogens (tertiary/aromatic N) is 1. The molecule has 1 aliphatic rings. The molecule has 0 bridgehead atoms. The summed E-state index contributed by atoms with van der Waals surface area (Å²) in [6.07, 6.45) is 0.791. The van der Waals surface area contributed by atoms with Crippen LogP contribution in [0.1, 0.15) is 52.5 Å². The first kappa shape index (κ1) is 25.4. The molecule has 3 aromatic carbocycles. The summed E-state index contributed by atoms with van der Waals surface area (Å²) in [6, 6.07) is 17.2. The number of ether oxygens (including phenoxy) is 4. The van der Waals surface area contributed by atoms with Crippen LogP contribution < -0.4 is 18.9 Å². The molecule has 1 unspecified atom stereocenters. The van der Waals surface area contributed by atoms with Crippen LogP contribution in [0, 0.1) is 13.8 Å². The van der Waals surface area contributed by atoms with Crippen LogP contribution in [-0.2, 0) is 6.42 Å². The third kappa shape index (κ3) is 5.59. The van der Waals surface area contributed by atoms with Crippen molar-refractivity contribution < 1.29 is 23.7 Å².